The highest BCUT2D eigenvalue weighted by Crippen LogP contribution is 1.73. The molecule has 7 heavy (non-hydrogen) atoms. The molecule has 0 aliphatic carbocycles. The van der Waals surface area contributed by atoms with Gasteiger partial charge in [-0.25, -0.2) is 0 Å². The van der Waals surface area contributed by atoms with E-state index in [0.717, 1.165) is 6.04 Å². The van der Waals surface area contributed by atoms with Crippen molar-refractivity contribution in [3.8, 4) is 0 Å². The van der Waals surface area contributed by atoms with E-state index in [1.54, 1.807) is 0 Å². The Labute approximate surface area is 67.1 Å². The molecule has 0 amide bonds. The van der Waals surface area contributed by atoms with Crippen LogP contribution in [0.1, 0.15) is 13.3 Å². The van der Waals surface area contributed by atoms with Crippen LogP contribution in [-0.2, 0) is 0 Å². The summed E-state index contributed by atoms with van der Waals surface area (Å²) in [5, 5.41) is 0. The number of hydrogen-bond acceptors (Lipinski definition) is 0. The van der Waals surface area contributed by atoms with Crippen LogP contribution in [-0.4, -0.2) is 10.2 Å². The van der Waals surface area contributed by atoms with E-state index in [1.807, 2.05) is 0 Å². The monoisotopic (exact) mass is 176 g/mol. The Morgan fingerprint density at radius 2 is 1.29 bits per heavy atom. The summed E-state index contributed by atoms with van der Waals surface area (Å²) in [7, 11) is 3.29. The molecule has 0 aromatic heterocycles. The Hall–Kier alpha value is 1.09. The Bertz CT molecular complexity index is 12.1. The Morgan fingerprint density at radius 1 is 1.14 bits per heavy atom. The lowest BCUT2D eigenvalue weighted by atomic mass is 10.6. The predicted molar refractivity (Wildman–Crippen MR) is 20.9 cm³/mol. The van der Waals surface area contributed by atoms with Gasteiger partial charge in [-0.3, -0.25) is 0 Å². The molecule has 0 fully saturated rings. The summed E-state index contributed by atoms with van der Waals surface area (Å²) in [5.74, 6) is 0. The van der Waals surface area contributed by atoms with Gasteiger partial charge in [-0.1, -0.05) is 19.4 Å². The maximum absolute atomic E-state index is 3.29. The quantitative estimate of drug-likeness (QED) is 0.349. The second-order valence-corrected chi connectivity index (χ2v) is 1.25. The van der Waals surface area contributed by atoms with Gasteiger partial charge in [0.1, 0.15) is 0 Å². The topological polar surface area (TPSA) is 0 Å². The second-order valence-electron chi connectivity index (χ2n) is 0.750. The fourth-order valence-corrected chi connectivity index (χ4v) is 0. The van der Waals surface area contributed by atoms with Crippen molar-refractivity contribution in [2.45, 2.75) is 19.4 Å². The van der Waals surface area contributed by atoms with E-state index in [9.17, 15) is 0 Å². The van der Waals surface area contributed by atoms with E-state index in [1.165, 1.54) is 6.42 Å². The molecule has 0 saturated carbocycles. The first-order valence-corrected chi connectivity index (χ1v) is 2.27. The molecule has 0 aromatic rings. The van der Waals surface area contributed by atoms with Crippen LogP contribution in [0.3, 0.4) is 0 Å². The van der Waals surface area contributed by atoms with Gasteiger partial charge in [0.15, 0.2) is 0 Å². The highest BCUT2D eigenvalue weighted by Gasteiger charge is 1.57. The van der Waals surface area contributed by atoms with Crippen LogP contribution in [0, 0.1) is 0 Å². The fraction of sp³-hybridized carbons (Fsp3) is 1.00. The van der Waals surface area contributed by atoms with Crippen molar-refractivity contribution >= 4 is 10.2 Å². The average Bonchev–Trinajstić information content (AvgIpc) is 1.37. The normalized spacial score (nSPS) is 4.29. The molecule has 0 bridgehead atoms. The number of halogens is 3. The zero-order valence-corrected chi connectivity index (χ0v) is 7.32. The lowest BCUT2D eigenvalue weighted by Gasteiger charge is -1.67. The molecule has 0 nitrogen and oxygen atoms in total. The minimum Gasteiger partial charge on any atom is -1.00 e. The van der Waals surface area contributed by atoms with E-state index in [2.05, 4.69) is 17.2 Å². The van der Waals surface area contributed by atoms with Gasteiger partial charge in [-0.05, 0) is 0 Å². The SMILES string of the molecule is CCC[Si].[Cl-].[Cl-].[Cl-]. The first-order chi connectivity index (χ1) is 1.91. The predicted octanol–water partition coefficient (Wildman–Crippen LogP) is -8.00. The maximum atomic E-state index is 3.29. The van der Waals surface area contributed by atoms with Gasteiger partial charge in [0.25, 0.3) is 0 Å². The van der Waals surface area contributed by atoms with Crippen molar-refractivity contribution in [3.63, 3.8) is 0 Å². The molecule has 0 aromatic carbocycles. The first kappa shape index (κ1) is 24.3. The van der Waals surface area contributed by atoms with Crippen molar-refractivity contribution in [1.29, 1.82) is 0 Å². The van der Waals surface area contributed by atoms with Crippen molar-refractivity contribution in [1.82, 2.24) is 0 Å². The van der Waals surface area contributed by atoms with Crippen LogP contribution in [0.4, 0.5) is 0 Å². The molecule has 0 atom stereocenters. The van der Waals surface area contributed by atoms with E-state index < -0.39 is 0 Å². The van der Waals surface area contributed by atoms with Crippen LogP contribution in [0.5, 0.6) is 0 Å². The largest absolute Gasteiger partial charge is 1.00 e. The first-order valence-electron chi connectivity index (χ1n) is 1.56. The van der Waals surface area contributed by atoms with Gasteiger partial charge >= 0.3 is 0 Å². The van der Waals surface area contributed by atoms with Gasteiger partial charge in [0.05, 0.1) is 0 Å². The molecular formula is C3H7Cl3Si-3. The highest BCUT2D eigenvalue weighted by atomic mass is 35.5. The van der Waals surface area contributed by atoms with E-state index >= 15 is 0 Å². The zero-order chi connectivity index (χ0) is 3.41. The fourth-order valence-electron chi connectivity index (χ4n) is 0. The third-order valence-electron chi connectivity index (χ3n) is 0.250. The van der Waals surface area contributed by atoms with Gasteiger partial charge in [-0.15, -0.1) is 0 Å². The Kier molecular flexibility index (Phi) is 95.7. The molecule has 0 heterocycles. The molecule has 0 aliphatic heterocycles. The number of hydrogen-bond donors (Lipinski definition) is 0. The Balaban J connectivity index is -0.0000000150. The summed E-state index contributed by atoms with van der Waals surface area (Å²) < 4.78 is 0. The van der Waals surface area contributed by atoms with Crippen LogP contribution in [0.15, 0.2) is 0 Å². The lowest BCUT2D eigenvalue weighted by molar-refractivity contribution is -0.00100. The smallest absolute Gasteiger partial charge is 0.0222 e. The molecule has 0 N–H and O–H groups in total. The molecule has 47 valence electrons. The summed E-state index contributed by atoms with van der Waals surface area (Å²) in [5.41, 5.74) is 0. The maximum Gasteiger partial charge on any atom is 0.0222 e. The van der Waals surface area contributed by atoms with E-state index in [4.69, 9.17) is 0 Å². The van der Waals surface area contributed by atoms with Crippen molar-refractivity contribution in [2.24, 2.45) is 0 Å². The molecule has 0 spiro atoms. The third-order valence-corrected chi connectivity index (χ3v) is 0.750. The lowest BCUT2D eigenvalue weighted by Crippen LogP contribution is -3.00. The molecule has 0 aliphatic rings. The van der Waals surface area contributed by atoms with E-state index in [0.29, 0.717) is 0 Å². The second kappa shape index (κ2) is 27.6. The molecule has 3 radical (unpaired) electrons. The number of rotatable bonds is 1. The van der Waals surface area contributed by atoms with Crippen molar-refractivity contribution in [3.05, 3.63) is 0 Å². The third kappa shape index (κ3) is 42.1. The molecule has 0 unspecified atom stereocenters. The van der Waals surface area contributed by atoms with Gasteiger partial charge in [-0.2, -0.15) is 0 Å². The van der Waals surface area contributed by atoms with Crippen molar-refractivity contribution in [2.75, 3.05) is 0 Å². The molecule has 0 rings (SSSR count). The summed E-state index contributed by atoms with van der Waals surface area (Å²) in [6.45, 7) is 2.13. The summed E-state index contributed by atoms with van der Waals surface area (Å²) in [6.07, 6.45) is 1.23. The van der Waals surface area contributed by atoms with Gasteiger partial charge in [0, 0.05) is 10.2 Å². The van der Waals surface area contributed by atoms with E-state index in [-0.39, 0.29) is 37.2 Å². The standard InChI is InChI=1S/C3H7Si.3ClH/c1-2-3-4;;;/h2-3H2,1H3;3*1H/p-3. The van der Waals surface area contributed by atoms with Crippen LogP contribution in [0.25, 0.3) is 0 Å². The minimum atomic E-state index is 0. The summed E-state index contributed by atoms with van der Waals surface area (Å²) in [6, 6.07) is 1.12. The molecular weight excluding hydrogens is 170 g/mol. The zero-order valence-electron chi connectivity index (χ0n) is 4.05. The van der Waals surface area contributed by atoms with Crippen LogP contribution < -0.4 is 37.2 Å². The molecule has 0 saturated heterocycles. The average molecular weight is 178 g/mol. The summed E-state index contributed by atoms with van der Waals surface area (Å²) in [4.78, 5) is 0. The van der Waals surface area contributed by atoms with Gasteiger partial charge in [0.2, 0.25) is 0 Å². The minimum absolute atomic E-state index is 0. The Morgan fingerprint density at radius 3 is 1.29 bits per heavy atom. The molecule has 4 heteroatoms. The van der Waals surface area contributed by atoms with Crippen LogP contribution >= 0.6 is 0 Å². The van der Waals surface area contributed by atoms with Gasteiger partial charge < -0.3 is 37.2 Å². The van der Waals surface area contributed by atoms with Crippen LogP contribution in [0.2, 0.25) is 6.04 Å². The van der Waals surface area contributed by atoms with Crippen molar-refractivity contribution < 1.29 is 37.2 Å². The highest BCUT2D eigenvalue weighted by molar-refractivity contribution is 6.08. The summed E-state index contributed by atoms with van der Waals surface area (Å²) >= 11 is 0.